The number of nitrogens with one attached hydrogen (secondary N) is 1. The van der Waals surface area contributed by atoms with Gasteiger partial charge in [0.25, 0.3) is 5.69 Å². The second kappa shape index (κ2) is 11.5. The van der Waals surface area contributed by atoms with Gasteiger partial charge < -0.3 is 24.6 Å². The number of pyridine rings is 1. The minimum Gasteiger partial charge on any atom is -0.494 e. The maximum Gasteiger partial charge on any atom is 0.294 e. The fraction of sp³-hybridized carbons (Fsp3) is 0.310. The molecule has 12 heteroatoms. The van der Waals surface area contributed by atoms with E-state index in [-0.39, 0.29) is 34.3 Å². The zero-order chi connectivity index (χ0) is 29.3. The smallest absolute Gasteiger partial charge is 0.294 e. The van der Waals surface area contributed by atoms with E-state index in [1.807, 2.05) is 6.07 Å². The van der Waals surface area contributed by atoms with Gasteiger partial charge in [0.05, 0.1) is 19.1 Å². The summed E-state index contributed by atoms with van der Waals surface area (Å²) < 4.78 is 40.0. The first-order valence-electron chi connectivity index (χ1n) is 13.1. The predicted molar refractivity (Wildman–Crippen MR) is 150 cm³/mol. The number of benzene rings is 2. The van der Waals surface area contributed by atoms with Crippen molar-refractivity contribution in [2.75, 3.05) is 57.2 Å². The van der Waals surface area contributed by atoms with Crippen molar-refractivity contribution < 1.29 is 28.0 Å². The molecule has 1 saturated heterocycles. The first-order chi connectivity index (χ1) is 19.7. The molecule has 1 aliphatic heterocycles. The SMILES string of the molecule is CCN1CCN(c2ccc(Nc3cc4c(cn3)CC=C4C(=O)c3c(F)c(OC)cc(OC)c3F)c([N+](=O)[O-])c2)CC1. The molecule has 1 aliphatic carbocycles. The lowest BCUT2D eigenvalue weighted by atomic mass is 9.97. The van der Waals surface area contributed by atoms with E-state index in [0.29, 0.717) is 17.5 Å². The first kappa shape index (κ1) is 28.0. The average molecular weight is 566 g/mol. The van der Waals surface area contributed by atoms with E-state index in [1.165, 1.54) is 26.5 Å². The number of allylic oxidation sites excluding steroid dienone is 2. The van der Waals surface area contributed by atoms with Gasteiger partial charge in [-0.15, -0.1) is 0 Å². The Morgan fingerprint density at radius 1 is 1.07 bits per heavy atom. The Hall–Kier alpha value is -4.58. The Balaban J connectivity index is 1.43. The zero-order valence-electron chi connectivity index (χ0n) is 22.9. The number of carbonyl (C=O) groups is 1. The number of hydrogen-bond acceptors (Lipinski definition) is 9. The number of nitro benzene ring substituents is 1. The van der Waals surface area contributed by atoms with Gasteiger partial charge in [-0.05, 0) is 42.3 Å². The fourth-order valence-electron chi connectivity index (χ4n) is 5.16. The summed E-state index contributed by atoms with van der Waals surface area (Å²) in [6.07, 6.45) is 3.42. The number of hydrogen-bond donors (Lipinski definition) is 1. The molecular formula is C29H29F2N5O5. The maximum atomic E-state index is 15.1. The molecular weight excluding hydrogens is 536 g/mol. The number of fused-ring (bicyclic) bond motifs is 1. The third kappa shape index (κ3) is 5.30. The normalized spacial score (nSPS) is 14.9. The molecule has 41 heavy (non-hydrogen) atoms. The number of anilines is 3. The Morgan fingerprint density at radius 3 is 2.37 bits per heavy atom. The minimum atomic E-state index is -1.13. The van der Waals surface area contributed by atoms with E-state index in [0.717, 1.165) is 44.5 Å². The number of nitro groups is 1. The highest BCUT2D eigenvalue weighted by molar-refractivity contribution is 6.30. The van der Waals surface area contributed by atoms with Crippen molar-refractivity contribution in [3.63, 3.8) is 0 Å². The van der Waals surface area contributed by atoms with Crippen LogP contribution < -0.4 is 19.7 Å². The molecule has 0 unspecified atom stereocenters. The van der Waals surface area contributed by atoms with Gasteiger partial charge in [0, 0.05) is 55.8 Å². The van der Waals surface area contributed by atoms with E-state index in [1.54, 1.807) is 18.2 Å². The van der Waals surface area contributed by atoms with Gasteiger partial charge in [-0.3, -0.25) is 14.9 Å². The number of methoxy groups -OCH3 is 2. The van der Waals surface area contributed by atoms with E-state index in [9.17, 15) is 14.9 Å². The molecule has 0 spiro atoms. The standard InChI is InChI=1S/C29H29F2N5O5/c1-4-34-9-11-35(12-10-34)18-6-8-21(22(13-18)36(38)39)33-25-14-20-17(16-32-25)5-7-19(20)29(37)26-27(30)23(40-2)15-24(41-3)28(26)31/h6-8,13-16H,4-5,9-12H2,1-3H3,(H,32,33). The van der Waals surface area contributed by atoms with Crippen molar-refractivity contribution >= 4 is 34.2 Å². The van der Waals surface area contributed by atoms with Crippen LogP contribution in [0.5, 0.6) is 11.5 Å². The zero-order valence-corrected chi connectivity index (χ0v) is 22.9. The minimum absolute atomic E-state index is 0.0784. The summed E-state index contributed by atoms with van der Waals surface area (Å²) in [7, 11) is 2.41. The molecule has 214 valence electrons. The number of ketones is 1. The Labute approximate surface area is 235 Å². The number of piperazine rings is 1. The Bertz CT molecular complexity index is 1520. The molecule has 0 bridgehead atoms. The molecule has 1 fully saturated rings. The van der Waals surface area contributed by atoms with Gasteiger partial charge in [0.1, 0.15) is 17.1 Å². The van der Waals surface area contributed by atoms with Crippen LogP contribution in [-0.4, -0.2) is 67.5 Å². The molecule has 2 aromatic carbocycles. The second-order valence-electron chi connectivity index (χ2n) is 9.67. The van der Waals surface area contributed by atoms with Gasteiger partial charge in [-0.1, -0.05) is 13.0 Å². The summed E-state index contributed by atoms with van der Waals surface area (Å²) in [6, 6.07) is 7.56. The van der Waals surface area contributed by atoms with E-state index < -0.39 is 27.9 Å². The molecule has 1 aromatic heterocycles. The lowest BCUT2D eigenvalue weighted by Gasteiger charge is -2.35. The molecule has 0 saturated carbocycles. The summed E-state index contributed by atoms with van der Waals surface area (Å²) in [5, 5.41) is 15.0. The van der Waals surface area contributed by atoms with Gasteiger partial charge in [0.2, 0.25) is 0 Å². The first-order valence-corrected chi connectivity index (χ1v) is 13.1. The van der Waals surface area contributed by atoms with Crippen LogP contribution in [0.4, 0.5) is 31.7 Å². The van der Waals surface area contributed by atoms with Gasteiger partial charge in [-0.2, -0.15) is 0 Å². The van der Waals surface area contributed by atoms with E-state index >= 15 is 8.78 Å². The molecule has 0 amide bonds. The van der Waals surface area contributed by atoms with Crippen molar-refractivity contribution in [2.24, 2.45) is 0 Å². The lowest BCUT2D eigenvalue weighted by Crippen LogP contribution is -2.46. The third-order valence-corrected chi connectivity index (χ3v) is 7.47. The molecule has 0 radical (unpaired) electrons. The highest BCUT2D eigenvalue weighted by atomic mass is 19.1. The van der Waals surface area contributed by atoms with E-state index in [2.05, 4.69) is 27.0 Å². The number of likely N-dealkylation sites (N-methyl/N-ethyl adjacent to an activating group) is 1. The number of ether oxygens (including phenoxy) is 2. The van der Waals surface area contributed by atoms with Crippen LogP contribution in [0.25, 0.3) is 5.57 Å². The Kier molecular flexibility index (Phi) is 7.84. The maximum absolute atomic E-state index is 15.1. The number of Topliss-reactive ketones (excluding diaryl/α,β-unsaturated/α-hetero) is 1. The van der Waals surface area contributed by atoms with Crippen LogP contribution in [0, 0.1) is 21.7 Å². The number of halogens is 2. The topological polar surface area (TPSA) is 110 Å². The molecule has 2 heterocycles. The lowest BCUT2D eigenvalue weighted by molar-refractivity contribution is -0.383. The summed E-state index contributed by atoms with van der Waals surface area (Å²) >= 11 is 0. The van der Waals surface area contributed by atoms with Crippen LogP contribution in [0.1, 0.15) is 28.4 Å². The predicted octanol–water partition coefficient (Wildman–Crippen LogP) is 4.99. The van der Waals surface area contributed by atoms with Gasteiger partial charge >= 0.3 is 0 Å². The monoisotopic (exact) mass is 565 g/mol. The fourth-order valence-corrected chi connectivity index (χ4v) is 5.16. The Morgan fingerprint density at radius 2 is 1.76 bits per heavy atom. The highest BCUT2D eigenvalue weighted by Crippen LogP contribution is 2.38. The molecule has 0 atom stereocenters. The summed E-state index contributed by atoms with van der Waals surface area (Å²) in [5.74, 6) is -3.57. The summed E-state index contributed by atoms with van der Waals surface area (Å²) in [5.41, 5.74) is 1.23. The number of aromatic nitrogens is 1. The van der Waals surface area contributed by atoms with Crippen molar-refractivity contribution in [2.45, 2.75) is 13.3 Å². The molecule has 2 aliphatic rings. The molecule has 5 rings (SSSR count). The third-order valence-electron chi connectivity index (χ3n) is 7.47. The molecule has 10 nitrogen and oxygen atoms in total. The van der Waals surface area contributed by atoms with Crippen molar-refractivity contribution in [3.8, 4) is 11.5 Å². The van der Waals surface area contributed by atoms with Crippen molar-refractivity contribution in [1.82, 2.24) is 9.88 Å². The van der Waals surface area contributed by atoms with Crippen LogP contribution in [0.3, 0.4) is 0 Å². The van der Waals surface area contributed by atoms with Gasteiger partial charge in [0.15, 0.2) is 28.9 Å². The van der Waals surface area contributed by atoms with Crippen LogP contribution in [0.2, 0.25) is 0 Å². The number of carbonyl (C=O) groups excluding carboxylic acids is 1. The quantitative estimate of drug-likeness (QED) is 0.218. The summed E-state index contributed by atoms with van der Waals surface area (Å²) in [6.45, 7) is 6.38. The second-order valence-corrected chi connectivity index (χ2v) is 9.67. The highest BCUT2D eigenvalue weighted by Gasteiger charge is 2.31. The number of nitrogens with zero attached hydrogens (tertiary/aromatic N) is 4. The van der Waals surface area contributed by atoms with E-state index in [4.69, 9.17) is 9.47 Å². The van der Waals surface area contributed by atoms with Crippen LogP contribution >= 0.6 is 0 Å². The summed E-state index contributed by atoms with van der Waals surface area (Å²) in [4.78, 5) is 33.7. The van der Waals surface area contributed by atoms with Crippen molar-refractivity contribution in [1.29, 1.82) is 0 Å². The number of rotatable bonds is 9. The van der Waals surface area contributed by atoms with Crippen LogP contribution in [-0.2, 0) is 6.42 Å². The molecule has 3 aromatic rings. The van der Waals surface area contributed by atoms with Crippen molar-refractivity contribution in [3.05, 3.63) is 81.0 Å². The largest absolute Gasteiger partial charge is 0.494 e. The average Bonchev–Trinajstić information content (AvgIpc) is 3.41. The van der Waals surface area contributed by atoms with Gasteiger partial charge in [-0.25, -0.2) is 13.8 Å². The molecule has 1 N–H and O–H groups in total. The van der Waals surface area contributed by atoms with Crippen LogP contribution in [0.15, 0.2) is 42.6 Å².